The van der Waals surface area contributed by atoms with Crippen LogP contribution in [0.3, 0.4) is 0 Å². The number of rotatable bonds is 2. The molecular weight excluding hydrogens is 150 g/mol. The molecule has 0 spiro atoms. The smallest absolute Gasteiger partial charge is 0.248 e. The third-order valence-corrected chi connectivity index (χ3v) is 1.65. The van der Waals surface area contributed by atoms with E-state index in [1.165, 1.54) is 4.90 Å². The maximum atomic E-state index is 10.9. The minimum absolute atomic E-state index is 0.00968. The molecule has 0 aromatic rings. The van der Waals surface area contributed by atoms with Crippen LogP contribution >= 0.6 is 12.2 Å². The molecule has 56 valence electrons. The van der Waals surface area contributed by atoms with E-state index in [2.05, 4.69) is 5.32 Å². The fourth-order valence-corrected chi connectivity index (χ4v) is 1.08. The first kappa shape index (κ1) is 7.43. The number of nitrogens with zero attached hydrogens (tertiary/aromatic N) is 1. The Kier molecular flexibility index (Phi) is 2.18. The topological polar surface area (TPSA) is 58.4 Å². The number of amides is 1. The second-order valence-electron chi connectivity index (χ2n) is 1.99. The summed E-state index contributed by atoms with van der Waals surface area (Å²) < 4.78 is 0. The van der Waals surface area contributed by atoms with Gasteiger partial charge < -0.3 is 11.1 Å². The van der Waals surface area contributed by atoms with Gasteiger partial charge in [0.1, 0.15) is 0 Å². The fourth-order valence-electron chi connectivity index (χ4n) is 0.811. The number of carbonyl (C=O) groups is 1. The van der Waals surface area contributed by atoms with E-state index in [-0.39, 0.29) is 5.91 Å². The van der Waals surface area contributed by atoms with Crippen molar-refractivity contribution in [1.29, 1.82) is 0 Å². The van der Waals surface area contributed by atoms with E-state index in [0.29, 0.717) is 24.7 Å². The van der Waals surface area contributed by atoms with Crippen molar-refractivity contribution in [2.75, 3.05) is 19.6 Å². The van der Waals surface area contributed by atoms with Gasteiger partial charge in [0, 0.05) is 13.1 Å². The highest BCUT2D eigenvalue weighted by atomic mass is 32.1. The van der Waals surface area contributed by atoms with Crippen LogP contribution in [0.2, 0.25) is 0 Å². The standard InChI is InChI=1S/C5H9N3OS/c6-1-2-8-4(9)3-7-5(8)10/h1-3,6H2,(H,7,10). The zero-order valence-corrected chi connectivity index (χ0v) is 6.28. The molecule has 0 aliphatic carbocycles. The summed E-state index contributed by atoms with van der Waals surface area (Å²) in [5.41, 5.74) is 5.25. The molecule has 0 unspecified atom stereocenters. The predicted octanol–water partition coefficient (Wildman–Crippen LogP) is -1.34. The number of nitrogens with one attached hydrogen (secondary N) is 1. The molecule has 4 nitrogen and oxygen atoms in total. The molecule has 1 fully saturated rings. The third-order valence-electron chi connectivity index (χ3n) is 1.29. The maximum Gasteiger partial charge on any atom is 0.248 e. The first-order valence-electron chi connectivity index (χ1n) is 3.04. The number of thiocarbonyl (C=S) groups is 1. The van der Waals surface area contributed by atoms with Crippen molar-refractivity contribution >= 4 is 23.2 Å². The van der Waals surface area contributed by atoms with Gasteiger partial charge in [0.15, 0.2) is 5.11 Å². The largest absolute Gasteiger partial charge is 0.353 e. The van der Waals surface area contributed by atoms with E-state index < -0.39 is 0 Å². The summed E-state index contributed by atoms with van der Waals surface area (Å²) in [6.45, 7) is 1.29. The van der Waals surface area contributed by atoms with Crippen molar-refractivity contribution in [2.45, 2.75) is 0 Å². The molecule has 3 N–H and O–H groups in total. The Morgan fingerprint density at radius 2 is 2.50 bits per heavy atom. The molecule has 5 heteroatoms. The molecule has 1 heterocycles. The molecule has 1 rings (SSSR count). The van der Waals surface area contributed by atoms with Gasteiger partial charge in [-0.25, -0.2) is 0 Å². The number of hydrogen-bond donors (Lipinski definition) is 2. The van der Waals surface area contributed by atoms with Crippen molar-refractivity contribution in [3.63, 3.8) is 0 Å². The molecule has 0 atom stereocenters. The number of nitrogens with two attached hydrogens (primary N) is 1. The molecule has 1 aliphatic heterocycles. The van der Waals surface area contributed by atoms with Gasteiger partial charge in [-0.2, -0.15) is 0 Å². The monoisotopic (exact) mass is 159 g/mol. The first-order valence-corrected chi connectivity index (χ1v) is 3.45. The Hall–Kier alpha value is -0.680. The Bertz CT molecular complexity index is 154. The minimum atomic E-state index is 0.00968. The van der Waals surface area contributed by atoms with Crippen LogP contribution in [0.25, 0.3) is 0 Å². The normalized spacial score (nSPS) is 17.9. The minimum Gasteiger partial charge on any atom is -0.353 e. The van der Waals surface area contributed by atoms with Crippen molar-refractivity contribution in [3.8, 4) is 0 Å². The van der Waals surface area contributed by atoms with Gasteiger partial charge in [-0.05, 0) is 12.2 Å². The lowest BCUT2D eigenvalue weighted by Gasteiger charge is -2.11. The summed E-state index contributed by atoms with van der Waals surface area (Å²) in [5.74, 6) is 0.00968. The summed E-state index contributed by atoms with van der Waals surface area (Å²) in [7, 11) is 0. The number of hydrogen-bond acceptors (Lipinski definition) is 3. The van der Waals surface area contributed by atoms with Gasteiger partial charge in [-0.1, -0.05) is 0 Å². The van der Waals surface area contributed by atoms with E-state index in [4.69, 9.17) is 18.0 Å². The van der Waals surface area contributed by atoms with Gasteiger partial charge in [0.05, 0.1) is 6.54 Å². The molecule has 1 amide bonds. The SMILES string of the molecule is NCCN1C(=O)CNC1=S. The molecule has 1 aliphatic rings. The van der Waals surface area contributed by atoms with Gasteiger partial charge in [0.25, 0.3) is 0 Å². The first-order chi connectivity index (χ1) is 4.75. The molecule has 0 bridgehead atoms. The van der Waals surface area contributed by atoms with Crippen LogP contribution in [0.4, 0.5) is 0 Å². The molecule has 0 saturated carbocycles. The van der Waals surface area contributed by atoms with E-state index >= 15 is 0 Å². The zero-order chi connectivity index (χ0) is 7.56. The maximum absolute atomic E-state index is 10.9. The Morgan fingerprint density at radius 3 is 2.90 bits per heavy atom. The highest BCUT2D eigenvalue weighted by molar-refractivity contribution is 7.80. The highest BCUT2D eigenvalue weighted by Crippen LogP contribution is 1.96. The van der Waals surface area contributed by atoms with Crippen LogP contribution in [0.5, 0.6) is 0 Å². The van der Waals surface area contributed by atoms with Crippen LogP contribution in [-0.2, 0) is 4.79 Å². The second kappa shape index (κ2) is 2.94. The van der Waals surface area contributed by atoms with Crippen LogP contribution in [0.1, 0.15) is 0 Å². The van der Waals surface area contributed by atoms with Gasteiger partial charge in [-0.3, -0.25) is 9.69 Å². The third kappa shape index (κ3) is 1.25. The van der Waals surface area contributed by atoms with Crippen LogP contribution in [-0.4, -0.2) is 35.6 Å². The lowest BCUT2D eigenvalue weighted by molar-refractivity contribution is -0.124. The van der Waals surface area contributed by atoms with Gasteiger partial charge in [-0.15, -0.1) is 0 Å². The summed E-state index contributed by atoms with van der Waals surface area (Å²) in [6.07, 6.45) is 0. The summed E-state index contributed by atoms with van der Waals surface area (Å²) in [6, 6.07) is 0. The molecule has 1 saturated heterocycles. The molecule has 0 aromatic carbocycles. The zero-order valence-electron chi connectivity index (χ0n) is 5.46. The predicted molar refractivity (Wildman–Crippen MR) is 41.4 cm³/mol. The molecular formula is C5H9N3OS. The van der Waals surface area contributed by atoms with Crippen molar-refractivity contribution in [2.24, 2.45) is 5.73 Å². The molecule has 10 heavy (non-hydrogen) atoms. The van der Waals surface area contributed by atoms with Crippen LogP contribution < -0.4 is 11.1 Å². The number of carbonyl (C=O) groups excluding carboxylic acids is 1. The average molecular weight is 159 g/mol. The molecule has 0 aromatic heterocycles. The lowest BCUT2D eigenvalue weighted by Crippen LogP contribution is -2.35. The van der Waals surface area contributed by atoms with Crippen molar-refractivity contribution in [3.05, 3.63) is 0 Å². The van der Waals surface area contributed by atoms with Crippen LogP contribution in [0.15, 0.2) is 0 Å². The quantitative estimate of drug-likeness (QED) is 0.490. The van der Waals surface area contributed by atoms with E-state index in [9.17, 15) is 4.79 Å². The molecule has 0 radical (unpaired) electrons. The summed E-state index contributed by atoms with van der Waals surface area (Å²) in [5, 5.41) is 3.25. The van der Waals surface area contributed by atoms with Crippen molar-refractivity contribution in [1.82, 2.24) is 10.2 Å². The second-order valence-corrected chi connectivity index (χ2v) is 2.38. The Morgan fingerprint density at radius 1 is 1.80 bits per heavy atom. The van der Waals surface area contributed by atoms with Crippen molar-refractivity contribution < 1.29 is 4.79 Å². The Balaban J connectivity index is 2.54. The lowest BCUT2D eigenvalue weighted by atomic mass is 10.5. The Labute approximate surface area is 64.4 Å². The van der Waals surface area contributed by atoms with Crippen LogP contribution in [0, 0.1) is 0 Å². The van der Waals surface area contributed by atoms with Gasteiger partial charge in [0.2, 0.25) is 5.91 Å². The van der Waals surface area contributed by atoms with Gasteiger partial charge >= 0.3 is 0 Å². The fraction of sp³-hybridized carbons (Fsp3) is 0.600. The summed E-state index contributed by atoms with van der Waals surface area (Å²) >= 11 is 4.82. The van der Waals surface area contributed by atoms with E-state index in [1.54, 1.807) is 0 Å². The van der Waals surface area contributed by atoms with E-state index in [1.807, 2.05) is 0 Å². The summed E-state index contributed by atoms with van der Waals surface area (Å²) in [4.78, 5) is 12.4. The van der Waals surface area contributed by atoms with E-state index in [0.717, 1.165) is 0 Å². The average Bonchev–Trinajstić information content (AvgIpc) is 2.20. The highest BCUT2D eigenvalue weighted by Gasteiger charge is 2.23.